The van der Waals surface area contributed by atoms with Crippen LogP contribution in [0.15, 0.2) is 24.3 Å². The van der Waals surface area contributed by atoms with E-state index in [4.69, 9.17) is 4.84 Å². The number of halogens is 3. The largest absolute Gasteiger partial charge is 0.416 e. The van der Waals surface area contributed by atoms with Gasteiger partial charge in [0, 0.05) is 12.6 Å². The fourth-order valence-corrected chi connectivity index (χ4v) is 1.24. The van der Waals surface area contributed by atoms with Gasteiger partial charge < -0.3 is 0 Å². The molecule has 0 heterocycles. The third-order valence-corrected chi connectivity index (χ3v) is 2.07. The Bertz CT molecular complexity index is 387. The number of rotatable bonds is 3. The Morgan fingerprint density at radius 2 is 1.82 bits per heavy atom. The molecule has 0 saturated heterocycles. The molecule has 6 heteroatoms. The van der Waals surface area contributed by atoms with E-state index in [1.807, 2.05) is 0 Å². The van der Waals surface area contributed by atoms with E-state index in [2.05, 4.69) is 0 Å². The molecule has 1 amide bonds. The molecule has 0 aliphatic carbocycles. The second-order valence-corrected chi connectivity index (χ2v) is 3.30. The van der Waals surface area contributed by atoms with E-state index >= 15 is 0 Å². The van der Waals surface area contributed by atoms with Gasteiger partial charge in [-0.15, -0.1) is 0 Å². The molecule has 0 aromatic heterocycles. The summed E-state index contributed by atoms with van der Waals surface area (Å²) in [5.41, 5.74) is -0.637. The zero-order chi connectivity index (χ0) is 13.1. The maximum Gasteiger partial charge on any atom is 0.416 e. The van der Waals surface area contributed by atoms with Gasteiger partial charge in [-0.05, 0) is 31.2 Å². The number of carbonyl (C=O) groups is 1. The first kappa shape index (κ1) is 13.5. The highest BCUT2D eigenvalue weighted by molar-refractivity contribution is 5.93. The Kier molecular flexibility index (Phi) is 4.11. The monoisotopic (exact) mass is 247 g/mol. The minimum atomic E-state index is -4.40. The smallest absolute Gasteiger partial charge is 0.271 e. The van der Waals surface area contributed by atoms with Crippen LogP contribution < -0.4 is 0 Å². The van der Waals surface area contributed by atoms with Gasteiger partial charge >= 0.3 is 6.18 Å². The van der Waals surface area contributed by atoms with Crippen molar-refractivity contribution in [2.45, 2.75) is 13.1 Å². The van der Waals surface area contributed by atoms with E-state index in [9.17, 15) is 18.0 Å². The molecule has 1 aromatic carbocycles. The number of alkyl halides is 3. The SMILES string of the molecule is CCON(C)C(=O)c1ccc(C(F)(F)F)cc1. The molecule has 0 saturated carbocycles. The Morgan fingerprint density at radius 3 is 2.24 bits per heavy atom. The molecule has 1 aromatic rings. The lowest BCUT2D eigenvalue weighted by Gasteiger charge is -2.15. The van der Waals surface area contributed by atoms with E-state index in [0.29, 0.717) is 6.61 Å². The third-order valence-electron chi connectivity index (χ3n) is 2.07. The van der Waals surface area contributed by atoms with Crippen molar-refractivity contribution in [3.63, 3.8) is 0 Å². The number of amides is 1. The molecule has 0 bridgehead atoms. The number of hydrogen-bond acceptors (Lipinski definition) is 2. The van der Waals surface area contributed by atoms with Crippen molar-refractivity contribution < 1.29 is 22.8 Å². The van der Waals surface area contributed by atoms with Crippen LogP contribution in [0.5, 0.6) is 0 Å². The predicted octanol–water partition coefficient (Wildman–Crippen LogP) is 2.73. The molecular weight excluding hydrogens is 235 g/mol. The minimum absolute atomic E-state index is 0.147. The highest BCUT2D eigenvalue weighted by Crippen LogP contribution is 2.29. The second-order valence-electron chi connectivity index (χ2n) is 3.30. The van der Waals surface area contributed by atoms with E-state index in [-0.39, 0.29) is 5.56 Å². The number of carbonyl (C=O) groups excluding carboxylic acids is 1. The summed E-state index contributed by atoms with van der Waals surface area (Å²) in [6.45, 7) is 2.01. The molecular formula is C11H12F3NO2. The first-order valence-electron chi connectivity index (χ1n) is 4.94. The fraction of sp³-hybridized carbons (Fsp3) is 0.364. The average Bonchev–Trinajstić information content (AvgIpc) is 2.27. The second kappa shape index (κ2) is 5.18. The van der Waals surface area contributed by atoms with Gasteiger partial charge in [0.25, 0.3) is 5.91 Å². The molecule has 1 rings (SSSR count). The lowest BCUT2D eigenvalue weighted by atomic mass is 10.1. The van der Waals surface area contributed by atoms with Gasteiger partial charge in [-0.2, -0.15) is 13.2 Å². The molecule has 0 aliphatic heterocycles. The van der Waals surface area contributed by atoms with Crippen LogP contribution in [0.25, 0.3) is 0 Å². The first-order chi connectivity index (χ1) is 7.86. The normalized spacial score (nSPS) is 11.4. The summed E-state index contributed by atoms with van der Waals surface area (Å²) >= 11 is 0. The lowest BCUT2D eigenvalue weighted by molar-refractivity contribution is -0.137. The number of hydroxylamine groups is 2. The van der Waals surface area contributed by atoms with Gasteiger partial charge in [0.1, 0.15) is 0 Å². The number of benzene rings is 1. The van der Waals surface area contributed by atoms with E-state index in [0.717, 1.165) is 29.3 Å². The van der Waals surface area contributed by atoms with Gasteiger partial charge in [-0.1, -0.05) is 0 Å². The van der Waals surface area contributed by atoms with Crippen LogP contribution >= 0.6 is 0 Å². The molecule has 0 radical (unpaired) electrons. The van der Waals surface area contributed by atoms with E-state index < -0.39 is 17.6 Å². The van der Waals surface area contributed by atoms with Crippen LogP contribution in [0.3, 0.4) is 0 Å². The summed E-state index contributed by atoms with van der Waals surface area (Å²) < 4.78 is 36.8. The molecule has 94 valence electrons. The Morgan fingerprint density at radius 1 is 1.29 bits per heavy atom. The van der Waals surface area contributed by atoms with Crippen molar-refractivity contribution in [1.82, 2.24) is 5.06 Å². The van der Waals surface area contributed by atoms with Crippen LogP contribution in [0, 0.1) is 0 Å². The van der Waals surface area contributed by atoms with E-state index in [1.165, 1.54) is 7.05 Å². The Labute approximate surface area is 96.7 Å². The van der Waals surface area contributed by atoms with Crippen molar-refractivity contribution in [2.24, 2.45) is 0 Å². The van der Waals surface area contributed by atoms with Gasteiger partial charge in [0.2, 0.25) is 0 Å². The summed E-state index contributed by atoms with van der Waals surface area (Å²) in [5.74, 6) is -0.486. The van der Waals surface area contributed by atoms with Gasteiger partial charge in [0.05, 0.1) is 12.2 Å². The molecule has 0 atom stereocenters. The van der Waals surface area contributed by atoms with Crippen LogP contribution in [0.4, 0.5) is 13.2 Å². The molecule has 0 spiro atoms. The Balaban J connectivity index is 2.84. The average molecular weight is 247 g/mol. The summed E-state index contributed by atoms with van der Waals surface area (Å²) in [4.78, 5) is 16.5. The van der Waals surface area contributed by atoms with Crippen molar-refractivity contribution in [2.75, 3.05) is 13.7 Å². The van der Waals surface area contributed by atoms with Gasteiger partial charge in [0.15, 0.2) is 0 Å². The fourth-order valence-electron chi connectivity index (χ4n) is 1.24. The summed E-state index contributed by atoms with van der Waals surface area (Å²) in [7, 11) is 1.41. The van der Waals surface area contributed by atoms with Crippen molar-refractivity contribution in [3.8, 4) is 0 Å². The highest BCUT2D eigenvalue weighted by atomic mass is 19.4. The molecule has 0 aliphatic rings. The van der Waals surface area contributed by atoms with Crippen LogP contribution in [0.2, 0.25) is 0 Å². The molecule has 0 fully saturated rings. The minimum Gasteiger partial charge on any atom is -0.271 e. The van der Waals surface area contributed by atoms with Gasteiger partial charge in [-0.25, -0.2) is 5.06 Å². The molecule has 17 heavy (non-hydrogen) atoms. The summed E-state index contributed by atoms with van der Waals surface area (Å²) in [6, 6.07) is 3.99. The maximum atomic E-state index is 12.3. The standard InChI is InChI=1S/C11H12F3NO2/c1-3-17-15(2)10(16)8-4-6-9(7-5-8)11(12,13)14/h4-7H,3H2,1-2H3. The van der Waals surface area contributed by atoms with E-state index in [1.54, 1.807) is 6.92 Å². The summed E-state index contributed by atoms with van der Waals surface area (Å²) in [6.07, 6.45) is -4.40. The number of hydrogen-bond donors (Lipinski definition) is 0. The lowest BCUT2D eigenvalue weighted by Crippen LogP contribution is -2.26. The van der Waals surface area contributed by atoms with Crippen molar-refractivity contribution >= 4 is 5.91 Å². The highest BCUT2D eigenvalue weighted by Gasteiger charge is 2.30. The third kappa shape index (κ3) is 3.45. The predicted molar refractivity (Wildman–Crippen MR) is 55.2 cm³/mol. The molecule has 3 nitrogen and oxygen atoms in total. The van der Waals surface area contributed by atoms with Crippen molar-refractivity contribution in [3.05, 3.63) is 35.4 Å². The zero-order valence-corrected chi connectivity index (χ0v) is 9.41. The van der Waals surface area contributed by atoms with Crippen molar-refractivity contribution in [1.29, 1.82) is 0 Å². The summed E-state index contributed by atoms with van der Waals surface area (Å²) in [5, 5.41) is 0.989. The quantitative estimate of drug-likeness (QED) is 0.768. The topological polar surface area (TPSA) is 29.5 Å². The zero-order valence-electron chi connectivity index (χ0n) is 9.41. The molecule has 0 unspecified atom stereocenters. The van der Waals surface area contributed by atoms with Gasteiger partial charge in [-0.3, -0.25) is 9.63 Å². The van der Waals surface area contributed by atoms with Crippen LogP contribution in [0.1, 0.15) is 22.8 Å². The maximum absolute atomic E-state index is 12.3. The van der Waals surface area contributed by atoms with Crippen LogP contribution in [-0.4, -0.2) is 24.6 Å². The number of nitrogens with zero attached hydrogens (tertiary/aromatic N) is 1. The molecule has 0 N–H and O–H groups in total. The Hall–Kier alpha value is -1.56. The first-order valence-corrected chi connectivity index (χ1v) is 4.94. The van der Waals surface area contributed by atoms with Crippen LogP contribution in [-0.2, 0) is 11.0 Å².